The van der Waals surface area contributed by atoms with Gasteiger partial charge < -0.3 is 4.90 Å². The summed E-state index contributed by atoms with van der Waals surface area (Å²) < 4.78 is 0. The van der Waals surface area contributed by atoms with E-state index in [1.54, 1.807) is 0 Å². The number of hydrogen-bond acceptors (Lipinski definition) is 1. The van der Waals surface area contributed by atoms with Gasteiger partial charge >= 0.3 is 0 Å². The molecule has 1 unspecified atom stereocenters. The summed E-state index contributed by atoms with van der Waals surface area (Å²) in [6.45, 7) is 3.37. The monoisotopic (exact) mass is 175 g/mol. The Morgan fingerprint density at radius 3 is 2.55 bits per heavy atom. The largest absolute Gasteiger partial charge is 0.303 e. The number of alkyl halides is 1. The zero-order valence-corrected chi connectivity index (χ0v) is 8.27. The molecule has 2 heteroatoms. The van der Waals surface area contributed by atoms with Crippen LogP contribution in [0.1, 0.15) is 26.2 Å². The summed E-state index contributed by atoms with van der Waals surface area (Å²) >= 11 is 5.74. The molecule has 11 heavy (non-hydrogen) atoms. The van der Waals surface area contributed by atoms with Gasteiger partial charge in [-0.3, -0.25) is 0 Å². The first-order chi connectivity index (χ1) is 5.24. The Balaban J connectivity index is 2.13. The maximum atomic E-state index is 5.74. The molecule has 1 fully saturated rings. The highest BCUT2D eigenvalue weighted by atomic mass is 35.5. The lowest BCUT2D eigenvalue weighted by Crippen LogP contribution is -2.39. The number of rotatable bonds is 4. The van der Waals surface area contributed by atoms with E-state index in [1.807, 2.05) is 0 Å². The minimum absolute atomic E-state index is 0.641. The van der Waals surface area contributed by atoms with Gasteiger partial charge in [-0.2, -0.15) is 0 Å². The van der Waals surface area contributed by atoms with Crippen molar-refractivity contribution >= 4 is 11.6 Å². The molecule has 1 aliphatic rings. The second-order valence-electron chi connectivity index (χ2n) is 3.78. The Hall–Kier alpha value is 0.250. The van der Waals surface area contributed by atoms with Gasteiger partial charge in [0.2, 0.25) is 0 Å². The van der Waals surface area contributed by atoms with Crippen molar-refractivity contribution < 1.29 is 0 Å². The minimum Gasteiger partial charge on any atom is -0.303 e. The summed E-state index contributed by atoms with van der Waals surface area (Å²) in [4.78, 5) is 2.45. The lowest BCUT2D eigenvalue weighted by atomic mass is 9.91. The van der Waals surface area contributed by atoms with E-state index in [0.29, 0.717) is 5.92 Å². The molecule has 1 aliphatic carbocycles. The van der Waals surface area contributed by atoms with E-state index >= 15 is 0 Å². The Kier molecular flexibility index (Phi) is 3.67. The van der Waals surface area contributed by atoms with Gasteiger partial charge in [0, 0.05) is 18.5 Å². The SMILES string of the molecule is CC(CCl)CN(C)C1CCC1. The Morgan fingerprint density at radius 1 is 1.55 bits per heavy atom. The highest BCUT2D eigenvalue weighted by molar-refractivity contribution is 6.18. The van der Waals surface area contributed by atoms with Crippen LogP contribution >= 0.6 is 11.6 Å². The summed E-state index contributed by atoms with van der Waals surface area (Å²) in [6.07, 6.45) is 4.21. The van der Waals surface area contributed by atoms with Gasteiger partial charge in [0.25, 0.3) is 0 Å². The van der Waals surface area contributed by atoms with Gasteiger partial charge in [-0.05, 0) is 25.8 Å². The molecule has 0 radical (unpaired) electrons. The smallest absolute Gasteiger partial charge is 0.0261 e. The topological polar surface area (TPSA) is 3.24 Å². The second kappa shape index (κ2) is 4.32. The molecule has 0 spiro atoms. The van der Waals surface area contributed by atoms with Crippen LogP contribution in [0.4, 0.5) is 0 Å². The van der Waals surface area contributed by atoms with Crippen LogP contribution in [0, 0.1) is 5.92 Å². The van der Waals surface area contributed by atoms with Crippen molar-refractivity contribution in [1.29, 1.82) is 0 Å². The van der Waals surface area contributed by atoms with Gasteiger partial charge in [-0.15, -0.1) is 11.6 Å². The molecular formula is C9H18ClN. The molecule has 1 atom stereocenters. The lowest BCUT2D eigenvalue weighted by Gasteiger charge is -2.35. The molecule has 0 aromatic carbocycles. The van der Waals surface area contributed by atoms with Crippen molar-refractivity contribution in [1.82, 2.24) is 4.90 Å². The molecule has 0 amide bonds. The van der Waals surface area contributed by atoms with E-state index < -0.39 is 0 Å². The fourth-order valence-electron chi connectivity index (χ4n) is 1.52. The van der Waals surface area contributed by atoms with Gasteiger partial charge in [0.15, 0.2) is 0 Å². The van der Waals surface area contributed by atoms with Crippen molar-refractivity contribution in [3.05, 3.63) is 0 Å². The summed E-state index contributed by atoms with van der Waals surface area (Å²) in [6, 6.07) is 0.862. The van der Waals surface area contributed by atoms with Gasteiger partial charge in [-0.1, -0.05) is 13.3 Å². The molecule has 1 saturated carbocycles. The van der Waals surface area contributed by atoms with E-state index in [2.05, 4.69) is 18.9 Å². The predicted octanol–water partition coefficient (Wildman–Crippen LogP) is 2.35. The Labute approximate surface area is 74.7 Å². The van der Waals surface area contributed by atoms with Crippen LogP contribution < -0.4 is 0 Å². The van der Waals surface area contributed by atoms with E-state index in [9.17, 15) is 0 Å². The molecular weight excluding hydrogens is 158 g/mol. The first-order valence-electron chi connectivity index (χ1n) is 4.50. The minimum atomic E-state index is 0.641. The van der Waals surface area contributed by atoms with Gasteiger partial charge in [0.1, 0.15) is 0 Å². The number of hydrogen-bond donors (Lipinski definition) is 0. The number of nitrogens with zero attached hydrogens (tertiary/aromatic N) is 1. The fraction of sp³-hybridized carbons (Fsp3) is 1.00. The van der Waals surface area contributed by atoms with Crippen LogP contribution in [0.15, 0.2) is 0 Å². The third kappa shape index (κ3) is 2.64. The van der Waals surface area contributed by atoms with Crippen LogP contribution in [-0.2, 0) is 0 Å². The normalized spacial score (nSPS) is 21.8. The molecule has 0 saturated heterocycles. The maximum Gasteiger partial charge on any atom is 0.0261 e. The van der Waals surface area contributed by atoms with E-state index in [1.165, 1.54) is 19.3 Å². The quantitative estimate of drug-likeness (QED) is 0.593. The molecule has 0 N–H and O–H groups in total. The summed E-state index contributed by atoms with van der Waals surface area (Å²) in [7, 11) is 2.22. The first-order valence-corrected chi connectivity index (χ1v) is 5.03. The number of halogens is 1. The predicted molar refractivity (Wildman–Crippen MR) is 50.2 cm³/mol. The lowest BCUT2D eigenvalue weighted by molar-refractivity contribution is 0.145. The third-order valence-corrected chi connectivity index (χ3v) is 3.09. The first kappa shape index (κ1) is 9.34. The highest BCUT2D eigenvalue weighted by Gasteiger charge is 2.22. The van der Waals surface area contributed by atoms with Crippen molar-refractivity contribution in [2.24, 2.45) is 5.92 Å². The zero-order valence-electron chi connectivity index (χ0n) is 7.52. The molecule has 0 bridgehead atoms. The van der Waals surface area contributed by atoms with Crippen LogP contribution in [0.2, 0.25) is 0 Å². The molecule has 66 valence electrons. The van der Waals surface area contributed by atoms with E-state index in [0.717, 1.165) is 18.5 Å². The Morgan fingerprint density at radius 2 is 2.18 bits per heavy atom. The van der Waals surface area contributed by atoms with Gasteiger partial charge in [-0.25, -0.2) is 0 Å². The fourth-order valence-corrected chi connectivity index (χ4v) is 1.61. The molecule has 1 rings (SSSR count). The standard InChI is InChI=1S/C9H18ClN/c1-8(6-10)7-11(2)9-4-3-5-9/h8-9H,3-7H2,1-2H3. The van der Waals surface area contributed by atoms with Crippen LogP contribution in [0.3, 0.4) is 0 Å². The van der Waals surface area contributed by atoms with Crippen LogP contribution in [0.25, 0.3) is 0 Å². The summed E-state index contributed by atoms with van der Waals surface area (Å²) in [5, 5.41) is 0. The third-order valence-electron chi connectivity index (χ3n) is 2.56. The average Bonchev–Trinajstić information content (AvgIpc) is 1.83. The van der Waals surface area contributed by atoms with Crippen molar-refractivity contribution in [3.8, 4) is 0 Å². The molecule has 0 heterocycles. The van der Waals surface area contributed by atoms with Crippen molar-refractivity contribution in [3.63, 3.8) is 0 Å². The maximum absolute atomic E-state index is 5.74. The van der Waals surface area contributed by atoms with Crippen molar-refractivity contribution in [2.75, 3.05) is 19.5 Å². The highest BCUT2D eigenvalue weighted by Crippen LogP contribution is 2.24. The van der Waals surface area contributed by atoms with E-state index in [-0.39, 0.29) is 0 Å². The van der Waals surface area contributed by atoms with Crippen molar-refractivity contribution in [2.45, 2.75) is 32.2 Å². The van der Waals surface area contributed by atoms with E-state index in [4.69, 9.17) is 11.6 Å². The zero-order chi connectivity index (χ0) is 8.27. The molecule has 0 aromatic heterocycles. The molecule has 0 aliphatic heterocycles. The molecule has 1 nitrogen and oxygen atoms in total. The van der Waals surface area contributed by atoms with Crippen LogP contribution in [0.5, 0.6) is 0 Å². The Bertz CT molecular complexity index is 112. The average molecular weight is 176 g/mol. The second-order valence-corrected chi connectivity index (χ2v) is 4.09. The summed E-state index contributed by atoms with van der Waals surface area (Å²) in [5.74, 6) is 1.43. The van der Waals surface area contributed by atoms with Crippen LogP contribution in [-0.4, -0.2) is 30.4 Å². The summed E-state index contributed by atoms with van der Waals surface area (Å²) in [5.41, 5.74) is 0. The molecule has 0 aromatic rings. The van der Waals surface area contributed by atoms with Gasteiger partial charge in [0.05, 0.1) is 0 Å².